The van der Waals surface area contributed by atoms with Gasteiger partial charge in [0.2, 0.25) is 0 Å². The molecule has 1 aromatic carbocycles. The molecule has 0 radical (unpaired) electrons. The third kappa shape index (κ3) is 4.95. The van der Waals surface area contributed by atoms with E-state index in [4.69, 9.17) is 0 Å². The van der Waals surface area contributed by atoms with Gasteiger partial charge in [-0.2, -0.15) is 18.3 Å². The minimum Gasteiger partial charge on any atom is -0.337 e. The van der Waals surface area contributed by atoms with Crippen LogP contribution in [-0.4, -0.2) is 39.7 Å². The van der Waals surface area contributed by atoms with Gasteiger partial charge < -0.3 is 10.2 Å². The molecular weight excluding hydrogens is 405 g/mol. The lowest BCUT2D eigenvalue weighted by molar-refractivity contribution is -0.137. The van der Waals surface area contributed by atoms with Gasteiger partial charge >= 0.3 is 6.18 Å². The fraction of sp³-hybridized carbons (Fsp3) is 0.565. The molecule has 1 amide bonds. The molecule has 1 aliphatic carbocycles. The van der Waals surface area contributed by atoms with Crippen molar-refractivity contribution in [2.75, 3.05) is 13.1 Å². The summed E-state index contributed by atoms with van der Waals surface area (Å²) in [5.74, 6) is 0.0114. The van der Waals surface area contributed by atoms with E-state index in [-0.39, 0.29) is 11.9 Å². The number of fused-ring (bicyclic) bond motifs is 1. The average molecular weight is 435 g/mol. The third-order valence-electron chi connectivity index (χ3n) is 6.40. The predicted molar refractivity (Wildman–Crippen MR) is 112 cm³/mol. The molecule has 1 unspecified atom stereocenters. The smallest absolute Gasteiger partial charge is 0.337 e. The minimum atomic E-state index is -4.34. The summed E-state index contributed by atoms with van der Waals surface area (Å²) in [6.45, 7) is 1.92. The highest BCUT2D eigenvalue weighted by Gasteiger charge is 2.32. The first-order chi connectivity index (χ1) is 14.8. The van der Waals surface area contributed by atoms with Crippen LogP contribution in [0.4, 0.5) is 13.2 Å². The molecule has 0 saturated carbocycles. The molecule has 2 aliphatic rings. The van der Waals surface area contributed by atoms with Gasteiger partial charge in [0.25, 0.3) is 5.91 Å². The molecule has 1 saturated heterocycles. The predicted octanol–water partition coefficient (Wildman–Crippen LogP) is 4.10. The first-order valence-corrected chi connectivity index (χ1v) is 11.1. The van der Waals surface area contributed by atoms with Crippen LogP contribution < -0.4 is 5.32 Å². The SMILES string of the molecule is Cn1nc(C(=O)N2CCCCCC2)c2c1CCC(NCc1cccc(C(F)(F)F)c1)C2. The normalized spacial score (nSPS) is 19.7. The van der Waals surface area contributed by atoms with Crippen LogP contribution in [0, 0.1) is 0 Å². The quantitative estimate of drug-likeness (QED) is 0.788. The number of aryl methyl sites for hydroxylation is 1. The molecule has 2 heterocycles. The van der Waals surface area contributed by atoms with Gasteiger partial charge in [0.15, 0.2) is 5.69 Å². The highest BCUT2D eigenvalue weighted by molar-refractivity contribution is 5.94. The van der Waals surface area contributed by atoms with E-state index < -0.39 is 11.7 Å². The number of hydrogen-bond donors (Lipinski definition) is 1. The molecule has 31 heavy (non-hydrogen) atoms. The lowest BCUT2D eigenvalue weighted by atomic mass is 9.91. The van der Waals surface area contributed by atoms with Gasteiger partial charge in [-0.3, -0.25) is 9.48 Å². The molecule has 1 atom stereocenters. The molecule has 5 nitrogen and oxygen atoms in total. The summed E-state index contributed by atoms with van der Waals surface area (Å²) < 4.78 is 40.7. The van der Waals surface area contributed by atoms with Gasteiger partial charge in [-0.25, -0.2) is 0 Å². The Kier molecular flexibility index (Phi) is 6.36. The van der Waals surface area contributed by atoms with Crippen LogP contribution in [-0.2, 0) is 32.6 Å². The highest BCUT2D eigenvalue weighted by atomic mass is 19.4. The zero-order valence-electron chi connectivity index (χ0n) is 17.8. The molecule has 1 fully saturated rings. The molecule has 168 valence electrons. The summed E-state index contributed by atoms with van der Waals surface area (Å²) in [4.78, 5) is 15.1. The number of benzene rings is 1. The number of nitrogens with one attached hydrogen (secondary N) is 1. The summed E-state index contributed by atoms with van der Waals surface area (Å²) >= 11 is 0. The Morgan fingerprint density at radius 3 is 2.65 bits per heavy atom. The molecule has 0 spiro atoms. The Hall–Kier alpha value is -2.35. The van der Waals surface area contributed by atoms with Crippen LogP contribution in [0.15, 0.2) is 24.3 Å². The van der Waals surface area contributed by atoms with Gasteiger partial charge in [-0.15, -0.1) is 0 Å². The molecule has 4 rings (SSSR count). The second-order valence-corrected chi connectivity index (χ2v) is 8.62. The topological polar surface area (TPSA) is 50.2 Å². The van der Waals surface area contributed by atoms with E-state index >= 15 is 0 Å². The van der Waals surface area contributed by atoms with Crippen LogP contribution in [0.3, 0.4) is 0 Å². The number of hydrogen-bond acceptors (Lipinski definition) is 3. The number of alkyl halides is 3. The van der Waals surface area contributed by atoms with Crippen molar-refractivity contribution in [1.29, 1.82) is 0 Å². The van der Waals surface area contributed by atoms with Crippen molar-refractivity contribution >= 4 is 5.91 Å². The van der Waals surface area contributed by atoms with Gasteiger partial charge in [0.05, 0.1) is 5.56 Å². The second-order valence-electron chi connectivity index (χ2n) is 8.62. The number of rotatable bonds is 4. The second kappa shape index (κ2) is 9.02. The Bertz CT molecular complexity index is 929. The standard InChI is InChI=1S/C23H29F3N4O/c1-29-20-10-9-18(27-15-16-7-6-8-17(13-16)23(24,25)26)14-19(20)21(28-29)22(31)30-11-4-2-3-5-12-30/h6-8,13,18,27H,2-5,9-12,14-15H2,1H3. The zero-order chi connectivity index (χ0) is 22.0. The summed E-state index contributed by atoms with van der Waals surface area (Å²) in [5.41, 5.74) is 2.60. The number of carbonyl (C=O) groups is 1. The first kappa shape index (κ1) is 21.9. The first-order valence-electron chi connectivity index (χ1n) is 11.1. The van der Waals surface area contributed by atoms with Crippen molar-refractivity contribution < 1.29 is 18.0 Å². The molecule has 2 aromatic rings. The molecule has 0 bridgehead atoms. The van der Waals surface area contributed by atoms with E-state index in [9.17, 15) is 18.0 Å². The molecule has 8 heteroatoms. The largest absolute Gasteiger partial charge is 0.416 e. The van der Waals surface area contributed by atoms with Crippen LogP contribution in [0.2, 0.25) is 0 Å². The van der Waals surface area contributed by atoms with E-state index in [1.54, 1.807) is 6.07 Å². The number of halogens is 3. The third-order valence-corrected chi connectivity index (χ3v) is 6.40. The Balaban J connectivity index is 1.45. The monoisotopic (exact) mass is 434 g/mol. The zero-order valence-corrected chi connectivity index (χ0v) is 17.8. The van der Waals surface area contributed by atoms with Crippen molar-refractivity contribution in [1.82, 2.24) is 20.0 Å². The minimum absolute atomic E-state index is 0.0114. The Morgan fingerprint density at radius 2 is 1.94 bits per heavy atom. The number of amides is 1. The fourth-order valence-corrected chi connectivity index (χ4v) is 4.68. The van der Waals surface area contributed by atoms with E-state index in [0.717, 1.165) is 68.9 Å². The van der Waals surface area contributed by atoms with Crippen molar-refractivity contribution in [3.05, 3.63) is 52.3 Å². The highest BCUT2D eigenvalue weighted by Crippen LogP contribution is 2.30. The maximum Gasteiger partial charge on any atom is 0.416 e. The molecule has 1 aromatic heterocycles. The summed E-state index contributed by atoms with van der Waals surface area (Å²) in [6.07, 6.45) is 2.36. The lowest BCUT2D eigenvalue weighted by Gasteiger charge is -2.25. The van der Waals surface area contributed by atoms with Crippen molar-refractivity contribution in [2.24, 2.45) is 7.05 Å². The summed E-state index contributed by atoms with van der Waals surface area (Å²) in [7, 11) is 1.88. The van der Waals surface area contributed by atoms with Crippen molar-refractivity contribution in [3.63, 3.8) is 0 Å². The van der Waals surface area contributed by atoms with Crippen molar-refractivity contribution in [3.8, 4) is 0 Å². The van der Waals surface area contributed by atoms with Crippen LogP contribution in [0.25, 0.3) is 0 Å². The number of carbonyl (C=O) groups excluding carboxylic acids is 1. The Morgan fingerprint density at radius 1 is 1.19 bits per heavy atom. The molecule has 1 N–H and O–H groups in total. The number of likely N-dealkylation sites (tertiary alicyclic amines) is 1. The van der Waals surface area contributed by atoms with E-state index in [0.29, 0.717) is 24.2 Å². The van der Waals surface area contributed by atoms with Crippen LogP contribution in [0.1, 0.15) is 65.0 Å². The lowest BCUT2D eigenvalue weighted by Crippen LogP contribution is -2.36. The summed E-state index contributed by atoms with van der Waals surface area (Å²) in [6, 6.07) is 5.53. The van der Waals surface area contributed by atoms with Crippen molar-refractivity contribution in [2.45, 2.75) is 63.7 Å². The molecule has 1 aliphatic heterocycles. The average Bonchev–Trinajstić information content (AvgIpc) is 2.92. The van der Waals surface area contributed by atoms with Crippen LogP contribution >= 0.6 is 0 Å². The summed E-state index contributed by atoms with van der Waals surface area (Å²) in [5, 5.41) is 7.96. The molecular formula is C23H29F3N4O. The van der Waals surface area contributed by atoms with E-state index in [1.807, 2.05) is 16.6 Å². The number of aromatic nitrogens is 2. The van der Waals surface area contributed by atoms with Crippen LogP contribution in [0.5, 0.6) is 0 Å². The van der Waals surface area contributed by atoms with E-state index in [1.165, 1.54) is 12.1 Å². The number of nitrogens with zero attached hydrogens (tertiary/aromatic N) is 3. The van der Waals surface area contributed by atoms with Gasteiger partial charge in [-0.05, 0) is 43.7 Å². The van der Waals surface area contributed by atoms with E-state index in [2.05, 4.69) is 10.4 Å². The maximum atomic E-state index is 13.2. The van der Waals surface area contributed by atoms with Gasteiger partial charge in [-0.1, -0.05) is 31.0 Å². The van der Waals surface area contributed by atoms with Gasteiger partial charge in [0, 0.05) is 44.0 Å². The maximum absolute atomic E-state index is 13.2. The van der Waals surface area contributed by atoms with Gasteiger partial charge in [0.1, 0.15) is 0 Å². The fourth-order valence-electron chi connectivity index (χ4n) is 4.68. The Labute approximate surface area is 180 Å².